The van der Waals surface area contributed by atoms with Gasteiger partial charge in [-0.2, -0.15) is 4.98 Å². The van der Waals surface area contributed by atoms with Gasteiger partial charge in [0.25, 0.3) is 5.89 Å². The Morgan fingerprint density at radius 2 is 2.07 bits per heavy atom. The van der Waals surface area contributed by atoms with Crippen molar-refractivity contribution in [2.24, 2.45) is 0 Å². The molecule has 0 aromatic carbocycles. The Morgan fingerprint density at radius 1 is 1.33 bits per heavy atom. The summed E-state index contributed by atoms with van der Waals surface area (Å²) in [5, 5.41) is 4.41. The summed E-state index contributed by atoms with van der Waals surface area (Å²) < 4.78 is 5.16. The maximum Gasteiger partial charge on any atom is 0.269 e. The summed E-state index contributed by atoms with van der Waals surface area (Å²) in [6.45, 7) is 5.91. The van der Waals surface area contributed by atoms with Crippen LogP contribution in [0.15, 0.2) is 4.52 Å². The number of anilines is 1. The van der Waals surface area contributed by atoms with Crippen LogP contribution in [-0.4, -0.2) is 15.1 Å². The minimum absolute atomic E-state index is 0.257. The number of hydrogen-bond acceptors (Lipinski definition) is 6. The first-order chi connectivity index (χ1) is 7.08. The topological polar surface area (TPSA) is 77.8 Å². The molecule has 6 heteroatoms. The van der Waals surface area contributed by atoms with Gasteiger partial charge in [-0.15, -0.1) is 0 Å². The zero-order chi connectivity index (χ0) is 11.0. The van der Waals surface area contributed by atoms with Crippen LogP contribution in [0, 0.1) is 6.92 Å². The fraction of sp³-hybridized carbons (Fsp3) is 0.444. The van der Waals surface area contributed by atoms with Crippen LogP contribution < -0.4 is 5.73 Å². The van der Waals surface area contributed by atoms with Crippen LogP contribution in [0.25, 0.3) is 10.8 Å². The van der Waals surface area contributed by atoms with Gasteiger partial charge in [0.2, 0.25) is 0 Å². The second kappa shape index (κ2) is 3.62. The van der Waals surface area contributed by atoms with E-state index in [9.17, 15) is 0 Å². The summed E-state index contributed by atoms with van der Waals surface area (Å²) >= 11 is 1.36. The first-order valence-corrected chi connectivity index (χ1v) is 5.46. The summed E-state index contributed by atoms with van der Waals surface area (Å²) in [5.41, 5.74) is 6.43. The largest absolute Gasteiger partial charge is 0.375 e. The molecule has 0 amide bonds. The minimum Gasteiger partial charge on any atom is -0.375 e. The Balaban J connectivity index is 2.41. The van der Waals surface area contributed by atoms with Crippen LogP contribution in [0.3, 0.4) is 0 Å². The lowest BCUT2D eigenvalue weighted by Gasteiger charge is -1.92. The molecule has 0 radical (unpaired) electrons. The molecule has 2 heterocycles. The molecule has 0 aliphatic rings. The van der Waals surface area contributed by atoms with Crippen molar-refractivity contribution in [3.8, 4) is 10.8 Å². The lowest BCUT2D eigenvalue weighted by Crippen LogP contribution is -1.89. The Kier molecular flexibility index (Phi) is 2.44. The van der Waals surface area contributed by atoms with Gasteiger partial charge >= 0.3 is 0 Å². The average Bonchev–Trinajstić information content (AvgIpc) is 2.71. The summed E-state index contributed by atoms with van der Waals surface area (Å²) in [7, 11) is 0. The number of aromatic nitrogens is 3. The fourth-order valence-electron chi connectivity index (χ4n) is 1.18. The molecule has 80 valence electrons. The van der Waals surface area contributed by atoms with Crippen molar-refractivity contribution in [2.75, 3.05) is 5.73 Å². The van der Waals surface area contributed by atoms with Crippen molar-refractivity contribution in [2.45, 2.75) is 26.7 Å². The second-order valence-electron chi connectivity index (χ2n) is 3.58. The Labute approximate surface area is 91.3 Å². The van der Waals surface area contributed by atoms with Gasteiger partial charge in [-0.1, -0.05) is 30.3 Å². The quantitative estimate of drug-likeness (QED) is 0.846. The molecule has 0 fully saturated rings. The van der Waals surface area contributed by atoms with Crippen LogP contribution in [0.2, 0.25) is 0 Å². The molecule has 5 nitrogen and oxygen atoms in total. The van der Waals surface area contributed by atoms with E-state index in [1.165, 1.54) is 11.3 Å². The van der Waals surface area contributed by atoms with Crippen molar-refractivity contribution in [1.29, 1.82) is 0 Å². The van der Waals surface area contributed by atoms with E-state index in [0.717, 1.165) is 10.6 Å². The molecular formula is C9H12N4OS. The smallest absolute Gasteiger partial charge is 0.269 e. The van der Waals surface area contributed by atoms with E-state index < -0.39 is 0 Å². The SMILES string of the molecule is Cc1nc(N)sc1-c1nc(C(C)C)no1. The average molecular weight is 224 g/mol. The Morgan fingerprint density at radius 3 is 2.53 bits per heavy atom. The van der Waals surface area contributed by atoms with Crippen LogP contribution in [-0.2, 0) is 0 Å². The number of thiazole rings is 1. The molecule has 0 bridgehead atoms. The highest BCUT2D eigenvalue weighted by atomic mass is 32.1. The molecule has 0 saturated heterocycles. The van der Waals surface area contributed by atoms with Crippen LogP contribution >= 0.6 is 11.3 Å². The zero-order valence-electron chi connectivity index (χ0n) is 8.81. The number of nitrogens with two attached hydrogens (primary N) is 1. The zero-order valence-corrected chi connectivity index (χ0v) is 9.63. The molecular weight excluding hydrogens is 212 g/mol. The van der Waals surface area contributed by atoms with E-state index in [2.05, 4.69) is 15.1 Å². The van der Waals surface area contributed by atoms with E-state index in [1.54, 1.807) is 0 Å². The number of nitrogen functional groups attached to an aromatic ring is 1. The van der Waals surface area contributed by atoms with E-state index >= 15 is 0 Å². The first kappa shape index (κ1) is 10.1. The molecule has 2 aromatic rings. The molecule has 0 spiro atoms. The third kappa shape index (κ3) is 1.85. The predicted octanol–water partition coefficient (Wildman–Crippen LogP) is 2.21. The number of hydrogen-bond donors (Lipinski definition) is 1. The lowest BCUT2D eigenvalue weighted by atomic mass is 10.2. The van der Waals surface area contributed by atoms with Gasteiger partial charge in [0.1, 0.15) is 4.88 Å². The molecule has 2 aromatic heterocycles. The minimum atomic E-state index is 0.257. The van der Waals surface area contributed by atoms with Gasteiger partial charge in [-0.25, -0.2) is 4.98 Å². The second-order valence-corrected chi connectivity index (χ2v) is 4.61. The van der Waals surface area contributed by atoms with Gasteiger partial charge in [0.15, 0.2) is 11.0 Å². The molecule has 15 heavy (non-hydrogen) atoms. The highest BCUT2D eigenvalue weighted by molar-refractivity contribution is 7.18. The summed E-state index contributed by atoms with van der Waals surface area (Å²) in [4.78, 5) is 9.25. The van der Waals surface area contributed by atoms with E-state index in [1.807, 2.05) is 20.8 Å². The summed E-state index contributed by atoms with van der Waals surface area (Å²) in [6, 6.07) is 0. The third-order valence-electron chi connectivity index (χ3n) is 1.97. The van der Waals surface area contributed by atoms with E-state index in [0.29, 0.717) is 16.8 Å². The maximum atomic E-state index is 5.60. The van der Waals surface area contributed by atoms with E-state index in [4.69, 9.17) is 10.3 Å². The van der Waals surface area contributed by atoms with E-state index in [-0.39, 0.29) is 5.92 Å². The number of aryl methyl sites for hydroxylation is 1. The molecule has 0 aliphatic heterocycles. The molecule has 0 unspecified atom stereocenters. The van der Waals surface area contributed by atoms with Gasteiger partial charge in [0.05, 0.1) is 5.69 Å². The normalized spacial score (nSPS) is 11.2. The van der Waals surface area contributed by atoms with Gasteiger partial charge in [-0.05, 0) is 6.92 Å². The highest BCUT2D eigenvalue weighted by Gasteiger charge is 2.16. The lowest BCUT2D eigenvalue weighted by molar-refractivity contribution is 0.420. The van der Waals surface area contributed by atoms with Crippen molar-refractivity contribution in [3.63, 3.8) is 0 Å². The Bertz CT molecular complexity index is 474. The van der Waals surface area contributed by atoms with Crippen LogP contribution in [0.1, 0.15) is 31.3 Å². The number of rotatable bonds is 2. The van der Waals surface area contributed by atoms with Crippen molar-refractivity contribution < 1.29 is 4.52 Å². The van der Waals surface area contributed by atoms with Crippen molar-refractivity contribution in [1.82, 2.24) is 15.1 Å². The third-order valence-corrected chi connectivity index (χ3v) is 2.94. The van der Waals surface area contributed by atoms with Gasteiger partial charge in [0, 0.05) is 5.92 Å². The predicted molar refractivity (Wildman–Crippen MR) is 58.6 cm³/mol. The summed E-state index contributed by atoms with van der Waals surface area (Å²) in [6.07, 6.45) is 0. The number of nitrogens with zero attached hydrogens (tertiary/aromatic N) is 3. The highest BCUT2D eigenvalue weighted by Crippen LogP contribution is 2.30. The maximum absolute atomic E-state index is 5.60. The molecule has 0 saturated carbocycles. The molecule has 2 rings (SSSR count). The molecule has 2 N–H and O–H groups in total. The summed E-state index contributed by atoms with van der Waals surface area (Å²) in [5.74, 6) is 1.47. The van der Waals surface area contributed by atoms with Crippen LogP contribution in [0.5, 0.6) is 0 Å². The van der Waals surface area contributed by atoms with Gasteiger partial charge < -0.3 is 10.3 Å². The van der Waals surface area contributed by atoms with Crippen LogP contribution in [0.4, 0.5) is 5.13 Å². The molecule has 0 aliphatic carbocycles. The van der Waals surface area contributed by atoms with Crippen molar-refractivity contribution >= 4 is 16.5 Å². The Hall–Kier alpha value is -1.43. The fourth-order valence-corrected chi connectivity index (χ4v) is 1.93. The first-order valence-electron chi connectivity index (χ1n) is 4.65. The monoisotopic (exact) mass is 224 g/mol. The van der Waals surface area contributed by atoms with Gasteiger partial charge in [-0.3, -0.25) is 0 Å². The van der Waals surface area contributed by atoms with Crippen molar-refractivity contribution in [3.05, 3.63) is 11.5 Å². The molecule has 0 atom stereocenters. The standard InChI is InChI=1S/C9H12N4OS/c1-4(2)7-12-8(14-13-7)6-5(3)11-9(10)15-6/h4H,1-3H3,(H2,10,11).